The average Bonchev–Trinajstić information content (AvgIpc) is 2.20. The quantitative estimate of drug-likeness (QED) is 0.676. The Bertz CT molecular complexity index is 426. The van der Waals surface area contributed by atoms with E-state index in [1.165, 1.54) is 13.2 Å². The van der Waals surface area contributed by atoms with Crippen LogP contribution in [0.2, 0.25) is 0 Å². The Morgan fingerprint density at radius 1 is 1.40 bits per heavy atom. The van der Waals surface area contributed by atoms with Crippen molar-refractivity contribution in [3.8, 4) is 5.75 Å². The van der Waals surface area contributed by atoms with Crippen LogP contribution in [0, 0.1) is 6.92 Å². The summed E-state index contributed by atoms with van der Waals surface area (Å²) in [5, 5.41) is 8.60. The van der Waals surface area contributed by atoms with Crippen LogP contribution >= 0.6 is 15.9 Å². The third-order valence-corrected chi connectivity index (χ3v) is 2.96. The van der Waals surface area contributed by atoms with Gasteiger partial charge in [0.15, 0.2) is 0 Å². The number of carbonyl (C=O) groups excluding carboxylic acids is 1. The minimum Gasteiger partial charge on any atom is -0.497 e. The molecule has 0 unspecified atom stereocenters. The number of carbonyl (C=O) groups is 2. The Morgan fingerprint density at radius 3 is 2.47 bits per heavy atom. The van der Waals surface area contributed by atoms with Gasteiger partial charge < -0.3 is 9.84 Å². The zero-order chi connectivity index (χ0) is 11.6. The third-order valence-electron chi connectivity index (χ3n) is 1.90. The maximum atomic E-state index is 11.3. The summed E-state index contributed by atoms with van der Waals surface area (Å²) in [6.45, 7) is 1.76. The number of benzene rings is 1. The highest BCUT2D eigenvalue weighted by Gasteiger charge is 2.19. The van der Waals surface area contributed by atoms with Crippen LogP contribution in [0.25, 0.3) is 0 Å². The van der Waals surface area contributed by atoms with E-state index >= 15 is 0 Å². The van der Waals surface area contributed by atoms with Crippen molar-refractivity contribution in [1.82, 2.24) is 0 Å². The van der Waals surface area contributed by atoms with E-state index in [1.807, 2.05) is 0 Å². The van der Waals surface area contributed by atoms with Crippen LogP contribution in [0.15, 0.2) is 16.6 Å². The maximum Gasteiger partial charge on any atom is 0.377 e. The third kappa shape index (κ3) is 2.36. The molecule has 4 nitrogen and oxygen atoms in total. The number of hydrogen-bond donors (Lipinski definition) is 1. The number of carboxylic acid groups (broad SMARTS) is 1. The molecule has 1 rings (SSSR count). The Balaban J connectivity index is 3.34. The molecular weight excluding hydrogens is 264 g/mol. The lowest BCUT2D eigenvalue weighted by molar-refractivity contribution is -0.131. The van der Waals surface area contributed by atoms with Gasteiger partial charge in [0.05, 0.1) is 7.11 Å². The number of carboxylic acids is 1. The molecule has 0 bridgehead atoms. The van der Waals surface area contributed by atoms with Gasteiger partial charge in [-0.25, -0.2) is 4.79 Å². The molecule has 5 heteroatoms. The van der Waals surface area contributed by atoms with Gasteiger partial charge >= 0.3 is 5.97 Å². The standard InChI is InChI=1S/C10H9BrO4/c1-5-3-6(15-2)4-7(8(5)11)9(12)10(13)14/h3-4H,1-2H3,(H,13,14). The van der Waals surface area contributed by atoms with Gasteiger partial charge in [-0.3, -0.25) is 4.79 Å². The average molecular weight is 273 g/mol. The molecular formula is C10H9BrO4. The van der Waals surface area contributed by atoms with Gasteiger partial charge in [0.1, 0.15) is 5.75 Å². The lowest BCUT2D eigenvalue weighted by Crippen LogP contribution is -2.13. The summed E-state index contributed by atoms with van der Waals surface area (Å²) in [6.07, 6.45) is 0. The summed E-state index contributed by atoms with van der Waals surface area (Å²) in [5.74, 6) is -1.98. The maximum absolute atomic E-state index is 11.3. The highest BCUT2D eigenvalue weighted by atomic mass is 79.9. The zero-order valence-corrected chi connectivity index (χ0v) is 9.79. The summed E-state index contributed by atoms with van der Waals surface area (Å²) in [5.41, 5.74) is 0.846. The van der Waals surface area contributed by atoms with E-state index < -0.39 is 11.8 Å². The van der Waals surface area contributed by atoms with Crippen molar-refractivity contribution < 1.29 is 19.4 Å². The summed E-state index contributed by atoms with van der Waals surface area (Å²) in [7, 11) is 1.46. The van der Waals surface area contributed by atoms with Crippen LogP contribution in [0.5, 0.6) is 5.75 Å². The molecule has 0 aliphatic heterocycles. The van der Waals surface area contributed by atoms with Gasteiger partial charge in [0.2, 0.25) is 0 Å². The number of rotatable bonds is 3. The van der Waals surface area contributed by atoms with Crippen LogP contribution in [0.1, 0.15) is 15.9 Å². The second kappa shape index (κ2) is 4.44. The Labute approximate surface area is 95.0 Å². The van der Waals surface area contributed by atoms with Crippen molar-refractivity contribution in [3.05, 3.63) is 27.7 Å². The van der Waals surface area contributed by atoms with Crippen molar-refractivity contribution in [2.24, 2.45) is 0 Å². The van der Waals surface area contributed by atoms with Gasteiger partial charge in [-0.2, -0.15) is 0 Å². The first-order chi connectivity index (χ1) is 6.97. The molecule has 0 aliphatic rings. The number of ether oxygens (including phenoxy) is 1. The fraction of sp³-hybridized carbons (Fsp3) is 0.200. The second-order valence-corrected chi connectivity index (χ2v) is 3.73. The van der Waals surface area contributed by atoms with Crippen LogP contribution in [-0.4, -0.2) is 24.0 Å². The number of aliphatic carboxylic acids is 1. The van der Waals surface area contributed by atoms with Crippen LogP contribution in [0.4, 0.5) is 0 Å². The lowest BCUT2D eigenvalue weighted by atomic mass is 10.1. The Hall–Kier alpha value is -1.36. The van der Waals surface area contributed by atoms with Crippen LogP contribution < -0.4 is 4.74 Å². The smallest absolute Gasteiger partial charge is 0.377 e. The molecule has 0 aromatic heterocycles. The summed E-state index contributed by atoms with van der Waals surface area (Å²) >= 11 is 3.17. The van der Waals surface area contributed by atoms with Gasteiger partial charge in [-0.1, -0.05) is 0 Å². The predicted octanol–water partition coefficient (Wildman–Crippen LogP) is 2.03. The minimum absolute atomic E-state index is 0.0966. The summed E-state index contributed by atoms with van der Waals surface area (Å²) in [4.78, 5) is 21.9. The van der Waals surface area contributed by atoms with Crippen molar-refractivity contribution in [2.75, 3.05) is 7.11 Å². The number of ketones is 1. The molecule has 1 aromatic rings. The van der Waals surface area contributed by atoms with Crippen molar-refractivity contribution in [2.45, 2.75) is 6.92 Å². The molecule has 0 radical (unpaired) electrons. The Morgan fingerprint density at radius 2 is 2.00 bits per heavy atom. The molecule has 0 saturated carbocycles. The highest BCUT2D eigenvalue weighted by molar-refractivity contribution is 9.10. The van der Waals surface area contributed by atoms with E-state index in [9.17, 15) is 9.59 Å². The SMILES string of the molecule is COc1cc(C)c(Br)c(C(=O)C(=O)O)c1. The van der Waals surface area contributed by atoms with E-state index in [1.54, 1.807) is 13.0 Å². The van der Waals surface area contributed by atoms with E-state index in [0.29, 0.717) is 10.2 Å². The van der Waals surface area contributed by atoms with E-state index in [-0.39, 0.29) is 5.56 Å². The molecule has 0 atom stereocenters. The summed E-state index contributed by atoms with van der Waals surface area (Å²) < 4.78 is 5.44. The van der Waals surface area contributed by atoms with Crippen LogP contribution in [-0.2, 0) is 4.79 Å². The molecule has 0 amide bonds. The number of aryl methyl sites for hydroxylation is 1. The first-order valence-corrected chi connectivity index (χ1v) is 4.88. The van der Waals surface area contributed by atoms with Gasteiger partial charge in [0.25, 0.3) is 5.78 Å². The summed E-state index contributed by atoms with van der Waals surface area (Å²) in [6, 6.07) is 3.11. The first kappa shape index (κ1) is 11.7. The van der Waals surface area contributed by atoms with Crippen molar-refractivity contribution in [3.63, 3.8) is 0 Å². The topological polar surface area (TPSA) is 63.6 Å². The molecule has 80 valence electrons. The molecule has 0 spiro atoms. The fourth-order valence-electron chi connectivity index (χ4n) is 1.13. The molecule has 0 aliphatic carbocycles. The number of methoxy groups -OCH3 is 1. The molecule has 0 saturated heterocycles. The first-order valence-electron chi connectivity index (χ1n) is 4.09. The normalized spacial score (nSPS) is 9.80. The molecule has 15 heavy (non-hydrogen) atoms. The largest absolute Gasteiger partial charge is 0.497 e. The second-order valence-electron chi connectivity index (χ2n) is 2.94. The Kier molecular flexibility index (Phi) is 3.47. The molecule has 1 aromatic carbocycles. The lowest BCUT2D eigenvalue weighted by Gasteiger charge is -2.07. The van der Waals surface area contributed by atoms with Gasteiger partial charge in [-0.05, 0) is 40.5 Å². The number of hydrogen-bond acceptors (Lipinski definition) is 3. The number of halogens is 1. The van der Waals surface area contributed by atoms with Crippen LogP contribution in [0.3, 0.4) is 0 Å². The van der Waals surface area contributed by atoms with Gasteiger partial charge in [0, 0.05) is 10.0 Å². The van der Waals surface area contributed by atoms with Crippen molar-refractivity contribution in [1.29, 1.82) is 0 Å². The highest BCUT2D eigenvalue weighted by Crippen LogP contribution is 2.27. The zero-order valence-electron chi connectivity index (χ0n) is 8.20. The fourth-order valence-corrected chi connectivity index (χ4v) is 1.54. The van der Waals surface area contributed by atoms with E-state index in [4.69, 9.17) is 9.84 Å². The molecule has 1 N–H and O–H groups in total. The van der Waals surface area contributed by atoms with E-state index in [2.05, 4.69) is 15.9 Å². The number of Topliss-reactive ketones (excluding diaryl/α,β-unsaturated/α-hetero) is 1. The molecule has 0 heterocycles. The van der Waals surface area contributed by atoms with E-state index in [0.717, 1.165) is 5.56 Å². The van der Waals surface area contributed by atoms with Gasteiger partial charge in [-0.15, -0.1) is 0 Å². The van der Waals surface area contributed by atoms with Crippen molar-refractivity contribution >= 4 is 27.7 Å². The minimum atomic E-state index is -1.48. The predicted molar refractivity (Wildman–Crippen MR) is 57.4 cm³/mol. The monoisotopic (exact) mass is 272 g/mol. The molecule has 0 fully saturated rings.